The molecule has 1 saturated carbocycles. The van der Waals surface area contributed by atoms with Crippen molar-refractivity contribution >= 4 is 0 Å². The molecule has 1 unspecified atom stereocenters. The van der Waals surface area contributed by atoms with Crippen molar-refractivity contribution in [1.29, 1.82) is 0 Å². The smallest absolute Gasteiger partial charge is 0.0117 e. The first-order valence-electron chi connectivity index (χ1n) is 7.85. The topological polar surface area (TPSA) is 18.5 Å². The van der Waals surface area contributed by atoms with Crippen LogP contribution in [0.1, 0.15) is 39.5 Å². The van der Waals surface area contributed by atoms with Crippen molar-refractivity contribution in [2.24, 2.45) is 5.92 Å². The molecule has 2 rings (SSSR count). The Labute approximate surface area is 113 Å². The molecule has 1 aliphatic heterocycles. The molecule has 2 aliphatic rings. The van der Waals surface area contributed by atoms with Gasteiger partial charge in [0.05, 0.1) is 0 Å². The van der Waals surface area contributed by atoms with Gasteiger partial charge in [-0.25, -0.2) is 0 Å². The highest BCUT2D eigenvalue weighted by Crippen LogP contribution is 2.19. The van der Waals surface area contributed by atoms with Crippen LogP contribution < -0.4 is 5.32 Å². The van der Waals surface area contributed by atoms with Crippen LogP contribution in [0.15, 0.2) is 0 Å². The Morgan fingerprint density at radius 1 is 1.22 bits per heavy atom. The molecule has 0 aromatic heterocycles. The van der Waals surface area contributed by atoms with Gasteiger partial charge in [0.2, 0.25) is 0 Å². The zero-order chi connectivity index (χ0) is 13.0. The van der Waals surface area contributed by atoms with Crippen LogP contribution in [0, 0.1) is 5.92 Å². The molecule has 1 atom stereocenters. The van der Waals surface area contributed by atoms with Crippen LogP contribution in [0.25, 0.3) is 0 Å². The van der Waals surface area contributed by atoms with E-state index in [4.69, 9.17) is 0 Å². The lowest BCUT2D eigenvalue weighted by atomic mass is 10.0. The predicted octanol–water partition coefficient (Wildman–Crippen LogP) is 1.79. The van der Waals surface area contributed by atoms with Crippen LogP contribution in [0.3, 0.4) is 0 Å². The molecule has 1 N–H and O–H groups in total. The molecule has 0 radical (unpaired) electrons. The monoisotopic (exact) mass is 253 g/mol. The highest BCUT2D eigenvalue weighted by Gasteiger charge is 2.24. The van der Waals surface area contributed by atoms with Gasteiger partial charge in [0.25, 0.3) is 0 Å². The third-order valence-electron chi connectivity index (χ3n) is 4.56. The number of likely N-dealkylation sites (tertiary alicyclic amines) is 1. The van der Waals surface area contributed by atoms with Crippen LogP contribution in [0.2, 0.25) is 0 Å². The molecular weight excluding hydrogens is 222 g/mol. The SMILES string of the molecule is CCN1CCC(N(C)CC(C)CNC2CC2)CC1. The first-order chi connectivity index (χ1) is 8.69. The van der Waals surface area contributed by atoms with E-state index in [1.807, 2.05) is 0 Å². The van der Waals surface area contributed by atoms with Gasteiger partial charge < -0.3 is 15.1 Å². The van der Waals surface area contributed by atoms with E-state index in [2.05, 4.69) is 36.0 Å². The van der Waals surface area contributed by atoms with Crippen LogP contribution in [0.4, 0.5) is 0 Å². The zero-order valence-corrected chi connectivity index (χ0v) is 12.5. The molecule has 3 heteroatoms. The fourth-order valence-electron chi connectivity index (χ4n) is 3.04. The van der Waals surface area contributed by atoms with Gasteiger partial charge in [-0.15, -0.1) is 0 Å². The van der Waals surface area contributed by atoms with Crippen molar-refractivity contribution in [3.05, 3.63) is 0 Å². The Kier molecular flexibility index (Phi) is 5.46. The summed E-state index contributed by atoms with van der Waals surface area (Å²) >= 11 is 0. The molecule has 1 aliphatic carbocycles. The van der Waals surface area contributed by atoms with Crippen molar-refractivity contribution in [3.8, 4) is 0 Å². The quantitative estimate of drug-likeness (QED) is 0.746. The lowest BCUT2D eigenvalue weighted by Gasteiger charge is -2.37. The van der Waals surface area contributed by atoms with Gasteiger partial charge in [0.15, 0.2) is 0 Å². The van der Waals surface area contributed by atoms with Crippen LogP contribution in [-0.2, 0) is 0 Å². The lowest BCUT2D eigenvalue weighted by Crippen LogP contribution is -2.45. The second kappa shape index (κ2) is 6.88. The Morgan fingerprint density at radius 2 is 1.89 bits per heavy atom. The van der Waals surface area contributed by atoms with Crippen molar-refractivity contribution < 1.29 is 0 Å². The van der Waals surface area contributed by atoms with Gasteiger partial charge in [0.1, 0.15) is 0 Å². The number of hydrogen-bond donors (Lipinski definition) is 1. The summed E-state index contributed by atoms with van der Waals surface area (Å²) in [6.45, 7) is 10.9. The molecule has 18 heavy (non-hydrogen) atoms. The Hall–Kier alpha value is -0.120. The van der Waals surface area contributed by atoms with Crippen molar-refractivity contribution in [1.82, 2.24) is 15.1 Å². The van der Waals surface area contributed by atoms with E-state index < -0.39 is 0 Å². The minimum atomic E-state index is 0.778. The fraction of sp³-hybridized carbons (Fsp3) is 1.00. The molecule has 1 heterocycles. The number of nitrogens with zero attached hydrogens (tertiary/aromatic N) is 2. The molecule has 0 spiro atoms. The molecule has 0 amide bonds. The minimum absolute atomic E-state index is 0.778. The van der Waals surface area contributed by atoms with Gasteiger partial charge >= 0.3 is 0 Å². The first kappa shape index (κ1) is 14.3. The minimum Gasteiger partial charge on any atom is -0.314 e. The van der Waals surface area contributed by atoms with Crippen LogP contribution in [0.5, 0.6) is 0 Å². The maximum atomic E-state index is 3.65. The fourth-order valence-corrected chi connectivity index (χ4v) is 3.04. The summed E-state index contributed by atoms with van der Waals surface area (Å²) in [7, 11) is 2.32. The summed E-state index contributed by atoms with van der Waals surface area (Å²) in [5.74, 6) is 0.778. The van der Waals surface area contributed by atoms with Gasteiger partial charge in [-0.2, -0.15) is 0 Å². The van der Waals surface area contributed by atoms with E-state index in [0.717, 1.165) is 18.0 Å². The molecule has 0 aromatic carbocycles. The maximum Gasteiger partial charge on any atom is 0.0117 e. The average molecular weight is 253 g/mol. The Bertz CT molecular complexity index is 232. The second-order valence-electron chi connectivity index (χ2n) is 6.39. The highest BCUT2D eigenvalue weighted by molar-refractivity contribution is 4.83. The van der Waals surface area contributed by atoms with Gasteiger partial charge in [-0.05, 0) is 64.8 Å². The van der Waals surface area contributed by atoms with E-state index in [0.29, 0.717) is 0 Å². The highest BCUT2D eigenvalue weighted by atomic mass is 15.2. The molecule has 106 valence electrons. The summed E-state index contributed by atoms with van der Waals surface area (Å²) < 4.78 is 0. The van der Waals surface area contributed by atoms with E-state index >= 15 is 0 Å². The maximum absolute atomic E-state index is 3.65. The predicted molar refractivity (Wildman–Crippen MR) is 78.0 cm³/mol. The van der Waals surface area contributed by atoms with Gasteiger partial charge in [-0.3, -0.25) is 0 Å². The Morgan fingerprint density at radius 3 is 2.44 bits per heavy atom. The average Bonchev–Trinajstić information content (AvgIpc) is 3.20. The number of hydrogen-bond acceptors (Lipinski definition) is 3. The number of piperidine rings is 1. The first-order valence-corrected chi connectivity index (χ1v) is 7.85. The molecule has 2 fully saturated rings. The Balaban J connectivity index is 1.62. The van der Waals surface area contributed by atoms with Crippen molar-refractivity contribution in [2.75, 3.05) is 39.8 Å². The second-order valence-corrected chi connectivity index (χ2v) is 6.39. The summed E-state index contributed by atoms with van der Waals surface area (Å²) in [6, 6.07) is 1.67. The van der Waals surface area contributed by atoms with Gasteiger partial charge in [-0.1, -0.05) is 13.8 Å². The van der Waals surface area contributed by atoms with E-state index in [1.165, 1.54) is 58.4 Å². The molecule has 0 bridgehead atoms. The van der Waals surface area contributed by atoms with Crippen molar-refractivity contribution in [2.45, 2.75) is 51.6 Å². The van der Waals surface area contributed by atoms with E-state index in [-0.39, 0.29) is 0 Å². The molecular formula is C15H31N3. The third-order valence-corrected chi connectivity index (χ3v) is 4.56. The third kappa shape index (κ3) is 4.52. The summed E-state index contributed by atoms with van der Waals surface area (Å²) in [6.07, 6.45) is 5.51. The summed E-state index contributed by atoms with van der Waals surface area (Å²) in [4.78, 5) is 5.18. The van der Waals surface area contributed by atoms with Crippen LogP contribution >= 0.6 is 0 Å². The summed E-state index contributed by atoms with van der Waals surface area (Å²) in [5, 5.41) is 3.65. The van der Waals surface area contributed by atoms with E-state index in [1.54, 1.807) is 0 Å². The number of nitrogens with one attached hydrogen (secondary N) is 1. The van der Waals surface area contributed by atoms with Crippen molar-refractivity contribution in [3.63, 3.8) is 0 Å². The lowest BCUT2D eigenvalue weighted by molar-refractivity contribution is 0.120. The normalized spacial score (nSPS) is 24.7. The molecule has 1 saturated heterocycles. The van der Waals surface area contributed by atoms with Crippen LogP contribution in [-0.4, -0.2) is 61.7 Å². The largest absolute Gasteiger partial charge is 0.314 e. The summed E-state index contributed by atoms with van der Waals surface area (Å²) in [5.41, 5.74) is 0. The van der Waals surface area contributed by atoms with E-state index in [9.17, 15) is 0 Å². The van der Waals surface area contributed by atoms with Gasteiger partial charge in [0, 0.05) is 18.6 Å². The zero-order valence-electron chi connectivity index (χ0n) is 12.5. The molecule has 3 nitrogen and oxygen atoms in total. The standard InChI is InChI=1S/C15H31N3/c1-4-18-9-7-15(8-10-18)17(3)12-13(2)11-16-14-5-6-14/h13-16H,4-12H2,1-3H3. The number of rotatable bonds is 7. The molecule has 0 aromatic rings.